The van der Waals surface area contributed by atoms with Crippen molar-refractivity contribution in [1.29, 1.82) is 0 Å². The number of esters is 1. The highest BCUT2D eigenvalue weighted by Gasteiger charge is 2.49. The third-order valence-electron chi connectivity index (χ3n) is 8.36. The van der Waals surface area contributed by atoms with Gasteiger partial charge in [-0.15, -0.1) is 0 Å². The molecule has 3 aliphatic heterocycles. The lowest BCUT2D eigenvalue weighted by atomic mass is 9.72. The molecule has 3 atom stereocenters. The summed E-state index contributed by atoms with van der Waals surface area (Å²) in [7, 11) is 0. The van der Waals surface area contributed by atoms with Gasteiger partial charge in [0.25, 0.3) is 0 Å². The fraction of sp³-hybridized carbons (Fsp3) is 0.731. The molecular weight excluding hydrogens is 372 g/mol. The molecule has 1 aliphatic carbocycles. The van der Waals surface area contributed by atoms with E-state index in [4.69, 9.17) is 4.74 Å². The second-order valence-electron chi connectivity index (χ2n) is 10.8. The molecular formula is C26H38N2O2. The zero-order valence-electron chi connectivity index (χ0n) is 18.8. The molecule has 4 heteroatoms. The third-order valence-corrected chi connectivity index (χ3v) is 8.36. The first-order valence-electron chi connectivity index (χ1n) is 12.3. The van der Waals surface area contributed by atoms with Crippen LogP contribution in [0.2, 0.25) is 0 Å². The second-order valence-corrected chi connectivity index (χ2v) is 10.8. The highest BCUT2D eigenvalue weighted by atomic mass is 16.6. The monoisotopic (exact) mass is 410 g/mol. The lowest BCUT2D eigenvalue weighted by Crippen LogP contribution is -2.31. The Bertz CT molecular complexity index is 756. The van der Waals surface area contributed by atoms with Gasteiger partial charge in [0, 0.05) is 44.8 Å². The summed E-state index contributed by atoms with van der Waals surface area (Å²) in [5, 5.41) is 0. The van der Waals surface area contributed by atoms with Gasteiger partial charge < -0.3 is 14.5 Å². The number of ether oxygens (including phenoxy) is 1. The number of carbonyl (C=O) groups excluding carboxylic acids is 1. The van der Waals surface area contributed by atoms with E-state index in [2.05, 4.69) is 47.9 Å². The number of nitrogens with zero attached hydrogens (tertiary/aromatic N) is 2. The Morgan fingerprint density at radius 1 is 1.03 bits per heavy atom. The molecule has 4 aliphatic rings. The average molecular weight is 411 g/mol. The number of carbonyl (C=O) groups is 1. The Balaban J connectivity index is 1.13. The Morgan fingerprint density at radius 2 is 1.73 bits per heavy atom. The van der Waals surface area contributed by atoms with E-state index in [9.17, 15) is 4.79 Å². The summed E-state index contributed by atoms with van der Waals surface area (Å²) in [6, 6.07) is 8.96. The first kappa shape index (κ1) is 20.4. The Morgan fingerprint density at radius 3 is 2.43 bits per heavy atom. The van der Waals surface area contributed by atoms with Crippen LogP contribution in [-0.4, -0.2) is 49.7 Å². The second kappa shape index (κ2) is 8.18. The van der Waals surface area contributed by atoms with Crippen LogP contribution in [0.1, 0.15) is 70.3 Å². The normalized spacial score (nSPS) is 31.0. The van der Waals surface area contributed by atoms with Crippen molar-refractivity contribution in [3.8, 4) is 0 Å². The molecule has 1 aromatic rings. The predicted molar refractivity (Wildman–Crippen MR) is 121 cm³/mol. The van der Waals surface area contributed by atoms with Gasteiger partial charge in [0.05, 0.1) is 5.41 Å². The first-order valence-corrected chi connectivity index (χ1v) is 12.3. The molecule has 3 saturated heterocycles. The lowest BCUT2D eigenvalue weighted by Gasteiger charge is -2.29. The van der Waals surface area contributed by atoms with Crippen molar-refractivity contribution < 1.29 is 9.53 Å². The first-order chi connectivity index (χ1) is 14.5. The molecule has 0 N–H and O–H groups in total. The van der Waals surface area contributed by atoms with Gasteiger partial charge in [-0.25, -0.2) is 0 Å². The number of fused-ring (bicyclic) bond motifs is 1. The molecule has 3 heterocycles. The van der Waals surface area contributed by atoms with E-state index < -0.39 is 0 Å². The van der Waals surface area contributed by atoms with Gasteiger partial charge in [-0.2, -0.15) is 0 Å². The molecule has 0 radical (unpaired) electrons. The summed E-state index contributed by atoms with van der Waals surface area (Å²) in [5.41, 5.74) is 2.81. The predicted octanol–water partition coefficient (Wildman–Crippen LogP) is 4.83. The van der Waals surface area contributed by atoms with Crippen LogP contribution in [0.15, 0.2) is 24.3 Å². The SMILES string of the molecule is CC(C)c1ccccc1N1CC2CN(CC[C@H]3CC4(CCCCC4)C(=O)O3)CC2C1. The van der Waals surface area contributed by atoms with E-state index in [0.717, 1.165) is 44.1 Å². The molecule has 0 bridgehead atoms. The van der Waals surface area contributed by atoms with E-state index in [1.165, 1.54) is 56.7 Å². The van der Waals surface area contributed by atoms with Gasteiger partial charge in [0.15, 0.2) is 0 Å². The molecule has 1 aromatic carbocycles. The minimum absolute atomic E-state index is 0.116. The van der Waals surface area contributed by atoms with Crippen molar-refractivity contribution in [2.75, 3.05) is 37.6 Å². The van der Waals surface area contributed by atoms with Gasteiger partial charge in [0.1, 0.15) is 6.10 Å². The van der Waals surface area contributed by atoms with Crippen LogP contribution in [-0.2, 0) is 9.53 Å². The van der Waals surface area contributed by atoms with Crippen molar-refractivity contribution >= 4 is 11.7 Å². The number of para-hydroxylation sites is 1. The summed E-state index contributed by atoms with van der Waals surface area (Å²) in [4.78, 5) is 17.8. The number of likely N-dealkylation sites (tertiary alicyclic amines) is 1. The fourth-order valence-corrected chi connectivity index (χ4v) is 6.69. The number of cyclic esters (lactones) is 1. The fourth-order valence-electron chi connectivity index (χ4n) is 6.69. The van der Waals surface area contributed by atoms with Crippen molar-refractivity contribution in [2.24, 2.45) is 17.3 Å². The summed E-state index contributed by atoms with van der Waals surface area (Å²) >= 11 is 0. The van der Waals surface area contributed by atoms with Crippen molar-refractivity contribution in [1.82, 2.24) is 4.90 Å². The number of hydrogen-bond acceptors (Lipinski definition) is 4. The molecule has 4 nitrogen and oxygen atoms in total. The molecule has 5 rings (SSSR count). The van der Waals surface area contributed by atoms with E-state index >= 15 is 0 Å². The summed E-state index contributed by atoms with van der Waals surface area (Å²) in [6.07, 6.45) is 7.97. The van der Waals surface area contributed by atoms with Gasteiger partial charge in [0.2, 0.25) is 0 Å². The zero-order valence-corrected chi connectivity index (χ0v) is 18.8. The maximum absolute atomic E-state index is 12.5. The van der Waals surface area contributed by atoms with Crippen LogP contribution in [0.4, 0.5) is 5.69 Å². The van der Waals surface area contributed by atoms with Gasteiger partial charge in [-0.05, 0) is 48.6 Å². The highest BCUT2D eigenvalue weighted by Crippen LogP contribution is 2.47. The van der Waals surface area contributed by atoms with E-state index in [1.54, 1.807) is 0 Å². The average Bonchev–Trinajstić information content (AvgIpc) is 3.39. The maximum atomic E-state index is 12.5. The van der Waals surface area contributed by atoms with Gasteiger partial charge in [-0.3, -0.25) is 4.79 Å². The maximum Gasteiger partial charge on any atom is 0.312 e. The highest BCUT2D eigenvalue weighted by molar-refractivity contribution is 5.79. The molecule has 164 valence electrons. The minimum Gasteiger partial charge on any atom is -0.462 e. The number of rotatable bonds is 5. The number of anilines is 1. The van der Waals surface area contributed by atoms with Crippen LogP contribution in [0.3, 0.4) is 0 Å². The molecule has 4 fully saturated rings. The molecule has 1 spiro atoms. The van der Waals surface area contributed by atoms with Crippen molar-refractivity contribution in [2.45, 2.75) is 70.8 Å². The Hall–Kier alpha value is -1.55. The smallest absolute Gasteiger partial charge is 0.312 e. The quantitative estimate of drug-likeness (QED) is 0.651. The van der Waals surface area contributed by atoms with Crippen LogP contribution >= 0.6 is 0 Å². The number of benzene rings is 1. The summed E-state index contributed by atoms with van der Waals surface area (Å²) in [5.74, 6) is 2.24. The third kappa shape index (κ3) is 3.77. The van der Waals surface area contributed by atoms with E-state index in [0.29, 0.717) is 5.92 Å². The van der Waals surface area contributed by atoms with Crippen LogP contribution in [0.5, 0.6) is 0 Å². The summed E-state index contributed by atoms with van der Waals surface area (Å²) in [6.45, 7) is 10.5. The molecule has 30 heavy (non-hydrogen) atoms. The van der Waals surface area contributed by atoms with Gasteiger partial charge in [-0.1, -0.05) is 51.3 Å². The Labute approximate surface area is 182 Å². The minimum atomic E-state index is -0.116. The van der Waals surface area contributed by atoms with E-state index in [-0.39, 0.29) is 17.5 Å². The molecule has 1 saturated carbocycles. The van der Waals surface area contributed by atoms with Crippen LogP contribution in [0, 0.1) is 17.3 Å². The molecule has 0 aromatic heterocycles. The summed E-state index contributed by atoms with van der Waals surface area (Å²) < 4.78 is 5.85. The van der Waals surface area contributed by atoms with Gasteiger partial charge >= 0.3 is 5.97 Å². The van der Waals surface area contributed by atoms with Crippen molar-refractivity contribution in [3.05, 3.63) is 29.8 Å². The lowest BCUT2D eigenvalue weighted by molar-refractivity contribution is -0.150. The van der Waals surface area contributed by atoms with E-state index in [1.807, 2.05) is 0 Å². The van der Waals surface area contributed by atoms with Crippen LogP contribution in [0.25, 0.3) is 0 Å². The zero-order chi connectivity index (χ0) is 20.7. The Kier molecular flexibility index (Phi) is 5.55. The number of hydrogen-bond donors (Lipinski definition) is 0. The largest absolute Gasteiger partial charge is 0.462 e. The van der Waals surface area contributed by atoms with Crippen molar-refractivity contribution in [3.63, 3.8) is 0 Å². The topological polar surface area (TPSA) is 32.8 Å². The molecule has 0 amide bonds. The standard InChI is InChI=1S/C26H38N2O2/c1-19(2)23-8-4-5-9-24(23)28-17-20-15-27(16-21(20)18-28)13-10-22-14-26(25(29)30-22)11-6-3-7-12-26/h4-5,8-9,19-22H,3,6-7,10-18H2,1-2H3/t20?,21?,22-/m0/s1. The van der Waals surface area contributed by atoms with Crippen LogP contribution < -0.4 is 4.90 Å². The molecule has 2 unspecified atom stereocenters.